The fourth-order valence-electron chi connectivity index (χ4n) is 4.33. The first-order valence-corrected chi connectivity index (χ1v) is 13.9. The average molecular weight is 552 g/mol. The van der Waals surface area contributed by atoms with E-state index in [-0.39, 0.29) is 29.9 Å². The predicted molar refractivity (Wildman–Crippen MR) is 151 cm³/mol. The molecular weight excluding hydrogens is 518 g/mol. The molecule has 2 aromatic carbocycles. The highest BCUT2D eigenvalue weighted by atomic mass is 32.2. The summed E-state index contributed by atoms with van der Waals surface area (Å²) >= 11 is 0.808. The van der Waals surface area contributed by atoms with E-state index in [1.54, 1.807) is 29.2 Å². The number of rotatable bonds is 9. The highest BCUT2D eigenvalue weighted by molar-refractivity contribution is 8.18. The summed E-state index contributed by atoms with van der Waals surface area (Å²) in [6.07, 6.45) is 4.55. The van der Waals surface area contributed by atoms with Gasteiger partial charge in [0, 0.05) is 18.8 Å². The summed E-state index contributed by atoms with van der Waals surface area (Å²) in [6, 6.07) is 10.7. The fourth-order valence-corrected chi connectivity index (χ4v) is 5.17. The Morgan fingerprint density at radius 1 is 0.974 bits per heavy atom. The smallest absolute Gasteiger partial charge is 0.294 e. The molecule has 10 heteroatoms. The molecule has 2 saturated heterocycles. The maximum absolute atomic E-state index is 12.9. The molecular formula is C29H33N3O6S. The quantitative estimate of drug-likeness (QED) is 0.448. The third-order valence-electron chi connectivity index (χ3n) is 6.59. The van der Waals surface area contributed by atoms with Gasteiger partial charge in [-0.1, -0.05) is 12.1 Å². The van der Waals surface area contributed by atoms with E-state index in [4.69, 9.17) is 9.47 Å². The number of aryl methyl sites for hydroxylation is 2. The molecule has 39 heavy (non-hydrogen) atoms. The van der Waals surface area contributed by atoms with Gasteiger partial charge in [0.2, 0.25) is 5.91 Å². The zero-order valence-electron chi connectivity index (χ0n) is 22.5. The minimum Gasteiger partial charge on any atom is -0.490 e. The van der Waals surface area contributed by atoms with Crippen LogP contribution in [0.2, 0.25) is 0 Å². The van der Waals surface area contributed by atoms with Crippen LogP contribution in [0.3, 0.4) is 0 Å². The second-order valence-electron chi connectivity index (χ2n) is 9.48. The lowest BCUT2D eigenvalue weighted by molar-refractivity contribution is -0.136. The molecule has 0 bridgehead atoms. The summed E-state index contributed by atoms with van der Waals surface area (Å²) < 4.78 is 11.4. The van der Waals surface area contributed by atoms with Crippen LogP contribution < -0.4 is 14.8 Å². The molecule has 0 aliphatic carbocycles. The number of benzene rings is 2. The van der Waals surface area contributed by atoms with Crippen molar-refractivity contribution in [2.24, 2.45) is 0 Å². The number of amides is 4. The topological polar surface area (TPSA) is 105 Å². The Morgan fingerprint density at radius 2 is 1.74 bits per heavy atom. The number of nitrogens with one attached hydrogen (secondary N) is 1. The number of thioether (sulfide) groups is 1. The van der Waals surface area contributed by atoms with Crippen molar-refractivity contribution in [2.45, 2.75) is 40.0 Å². The third kappa shape index (κ3) is 7.20. The third-order valence-corrected chi connectivity index (χ3v) is 7.50. The molecule has 1 N–H and O–H groups in total. The zero-order chi connectivity index (χ0) is 27.9. The average Bonchev–Trinajstić information content (AvgIpc) is 3.18. The second-order valence-corrected chi connectivity index (χ2v) is 10.5. The van der Waals surface area contributed by atoms with E-state index in [2.05, 4.69) is 5.32 Å². The summed E-state index contributed by atoms with van der Waals surface area (Å²) in [6.45, 7) is 7.04. The van der Waals surface area contributed by atoms with E-state index >= 15 is 0 Å². The molecule has 2 aromatic rings. The number of carbonyl (C=O) groups excluding carboxylic acids is 4. The van der Waals surface area contributed by atoms with Crippen LogP contribution in [0.4, 0.5) is 10.5 Å². The van der Waals surface area contributed by atoms with Crippen molar-refractivity contribution >= 4 is 46.5 Å². The number of ether oxygens (including phenoxy) is 2. The van der Waals surface area contributed by atoms with E-state index < -0.39 is 11.1 Å². The largest absolute Gasteiger partial charge is 0.490 e. The van der Waals surface area contributed by atoms with Crippen LogP contribution in [-0.4, -0.2) is 65.6 Å². The molecule has 2 fully saturated rings. The Balaban J connectivity index is 1.40. The molecule has 0 unspecified atom stereocenters. The Kier molecular flexibility index (Phi) is 9.29. The highest BCUT2D eigenvalue weighted by Crippen LogP contribution is 2.35. The van der Waals surface area contributed by atoms with Gasteiger partial charge >= 0.3 is 0 Å². The van der Waals surface area contributed by atoms with Crippen molar-refractivity contribution in [1.29, 1.82) is 0 Å². The van der Waals surface area contributed by atoms with Crippen molar-refractivity contribution in [3.05, 3.63) is 58.0 Å². The number of nitrogens with zero attached hydrogens (tertiary/aromatic N) is 2. The summed E-state index contributed by atoms with van der Waals surface area (Å²) in [5, 5.41) is 2.36. The van der Waals surface area contributed by atoms with Gasteiger partial charge in [-0.25, -0.2) is 0 Å². The van der Waals surface area contributed by atoms with Crippen LogP contribution in [0.1, 0.15) is 42.9 Å². The molecule has 4 rings (SSSR count). The van der Waals surface area contributed by atoms with Gasteiger partial charge in [0.1, 0.15) is 6.54 Å². The van der Waals surface area contributed by atoms with Crippen molar-refractivity contribution < 1.29 is 28.7 Å². The first kappa shape index (κ1) is 28.2. The molecule has 0 aromatic heterocycles. The monoisotopic (exact) mass is 551 g/mol. The van der Waals surface area contributed by atoms with E-state index in [9.17, 15) is 19.2 Å². The normalized spacial score (nSPS) is 16.5. The maximum atomic E-state index is 12.9. The Hall–Kier alpha value is -3.79. The molecule has 2 heterocycles. The van der Waals surface area contributed by atoms with Crippen LogP contribution in [0.5, 0.6) is 11.5 Å². The van der Waals surface area contributed by atoms with Crippen LogP contribution in [0.15, 0.2) is 41.3 Å². The number of piperidine rings is 1. The van der Waals surface area contributed by atoms with E-state index in [1.165, 1.54) is 0 Å². The summed E-state index contributed by atoms with van der Waals surface area (Å²) in [5.41, 5.74) is 3.53. The van der Waals surface area contributed by atoms with Gasteiger partial charge in [-0.2, -0.15) is 0 Å². The standard InChI is InChI=1S/C29H33N3O6S/c1-4-37-24-15-21(9-11-23(24)38-18-26(33)30-22-10-8-19(2)20(3)14-22)16-25-28(35)32(29(36)39-25)17-27(34)31-12-6-5-7-13-31/h8-11,14-16H,4-7,12-13,17-18H2,1-3H3,(H,30,33)/b25-16+. The minimum absolute atomic E-state index is 0.208. The predicted octanol–water partition coefficient (Wildman–Crippen LogP) is 4.77. The number of anilines is 1. The van der Waals surface area contributed by atoms with Crippen LogP contribution in [0, 0.1) is 13.8 Å². The molecule has 0 atom stereocenters. The summed E-state index contributed by atoms with van der Waals surface area (Å²) in [4.78, 5) is 53.4. The minimum atomic E-state index is -0.489. The highest BCUT2D eigenvalue weighted by Gasteiger charge is 2.37. The zero-order valence-corrected chi connectivity index (χ0v) is 23.3. The Labute approximate surface area is 232 Å². The van der Waals surface area contributed by atoms with Gasteiger partial charge in [-0.05, 0) is 98.8 Å². The summed E-state index contributed by atoms with van der Waals surface area (Å²) in [7, 11) is 0. The van der Waals surface area contributed by atoms with E-state index in [0.717, 1.165) is 47.1 Å². The lowest BCUT2D eigenvalue weighted by atomic mass is 10.1. The van der Waals surface area contributed by atoms with Crippen LogP contribution >= 0.6 is 11.8 Å². The molecule has 9 nitrogen and oxygen atoms in total. The van der Waals surface area contributed by atoms with Gasteiger partial charge in [-0.3, -0.25) is 24.1 Å². The lowest BCUT2D eigenvalue weighted by Crippen LogP contribution is -2.44. The number of carbonyl (C=O) groups is 4. The van der Waals surface area contributed by atoms with E-state index in [0.29, 0.717) is 42.4 Å². The molecule has 2 aliphatic rings. The molecule has 206 valence electrons. The first-order chi connectivity index (χ1) is 18.7. The van der Waals surface area contributed by atoms with Gasteiger partial charge in [-0.15, -0.1) is 0 Å². The van der Waals surface area contributed by atoms with Crippen molar-refractivity contribution in [3.63, 3.8) is 0 Å². The van der Waals surface area contributed by atoms with Gasteiger partial charge < -0.3 is 19.7 Å². The van der Waals surface area contributed by atoms with Crippen molar-refractivity contribution in [2.75, 3.05) is 38.2 Å². The first-order valence-electron chi connectivity index (χ1n) is 13.0. The lowest BCUT2D eigenvalue weighted by Gasteiger charge is -2.27. The molecule has 2 aliphatic heterocycles. The molecule has 4 amide bonds. The molecule has 0 radical (unpaired) electrons. The fraction of sp³-hybridized carbons (Fsp3) is 0.379. The van der Waals surface area contributed by atoms with Gasteiger partial charge in [0.15, 0.2) is 18.1 Å². The Bertz CT molecular complexity index is 1300. The van der Waals surface area contributed by atoms with Crippen molar-refractivity contribution in [1.82, 2.24) is 9.80 Å². The van der Waals surface area contributed by atoms with Gasteiger partial charge in [0.25, 0.3) is 17.1 Å². The van der Waals surface area contributed by atoms with Crippen molar-refractivity contribution in [3.8, 4) is 11.5 Å². The van der Waals surface area contributed by atoms with Gasteiger partial charge in [0.05, 0.1) is 11.5 Å². The summed E-state index contributed by atoms with van der Waals surface area (Å²) in [5.74, 6) is -0.219. The number of imide groups is 1. The Morgan fingerprint density at radius 3 is 2.46 bits per heavy atom. The second kappa shape index (κ2) is 12.8. The SMILES string of the molecule is CCOc1cc(/C=C2/SC(=O)N(CC(=O)N3CCCCC3)C2=O)ccc1OCC(=O)Nc1ccc(C)c(C)c1. The number of hydrogen-bond acceptors (Lipinski definition) is 7. The maximum Gasteiger partial charge on any atom is 0.294 e. The molecule has 0 saturated carbocycles. The number of hydrogen-bond donors (Lipinski definition) is 1. The number of likely N-dealkylation sites (tertiary alicyclic amines) is 1. The van der Waals surface area contributed by atoms with Crippen LogP contribution in [-0.2, 0) is 14.4 Å². The van der Waals surface area contributed by atoms with E-state index in [1.807, 2.05) is 39.0 Å². The molecule has 0 spiro atoms. The van der Waals surface area contributed by atoms with Crippen LogP contribution in [0.25, 0.3) is 6.08 Å².